The Morgan fingerprint density at radius 3 is 3.04 bits per heavy atom. The highest BCUT2D eigenvalue weighted by molar-refractivity contribution is 5.83. The van der Waals surface area contributed by atoms with Crippen LogP contribution in [0.5, 0.6) is 0 Å². The number of hydrogen-bond donors (Lipinski definition) is 3. The highest BCUT2D eigenvalue weighted by Gasteiger charge is 2.19. The number of β-amino-alcohol motifs (C(OH)–C–C–N with tert-alkyl or cyclic N) is 1. The molecule has 7 nitrogen and oxygen atoms in total. The third-order valence-electron chi connectivity index (χ3n) is 4.56. The number of amidine groups is 1. The molecule has 132 valence electrons. The van der Waals surface area contributed by atoms with Crippen LogP contribution in [0, 0.1) is 0 Å². The average molecular weight is 325 g/mol. The molecule has 2 aliphatic rings. The minimum Gasteiger partial charge on any atom is -0.392 e. The second-order valence-corrected chi connectivity index (χ2v) is 6.45. The summed E-state index contributed by atoms with van der Waals surface area (Å²) in [5.41, 5.74) is 9.23. The number of piperidine rings is 1. The van der Waals surface area contributed by atoms with E-state index < -0.39 is 0 Å². The second-order valence-electron chi connectivity index (χ2n) is 6.45. The van der Waals surface area contributed by atoms with Crippen LogP contribution < -0.4 is 11.2 Å². The van der Waals surface area contributed by atoms with Gasteiger partial charge in [0.05, 0.1) is 19.7 Å². The van der Waals surface area contributed by atoms with E-state index in [9.17, 15) is 0 Å². The highest BCUT2D eigenvalue weighted by atomic mass is 16.3. The topological polar surface area (TPSA) is 80.1 Å². The molecule has 0 amide bonds. The lowest BCUT2D eigenvalue weighted by Gasteiger charge is -2.34. The number of hydrogen-bond acceptors (Lipinski definition) is 5. The molecule has 0 aromatic rings. The predicted molar refractivity (Wildman–Crippen MR) is 93.8 cm³/mol. The van der Waals surface area contributed by atoms with Gasteiger partial charge in [-0.1, -0.05) is 6.42 Å². The fraction of sp³-hybridized carbons (Fsp3) is 0.875. The molecule has 23 heavy (non-hydrogen) atoms. The molecule has 2 aliphatic heterocycles. The maximum absolute atomic E-state index is 8.95. The van der Waals surface area contributed by atoms with Crippen molar-refractivity contribution < 1.29 is 9.68 Å². The molecule has 0 bridgehead atoms. The van der Waals surface area contributed by atoms with Crippen molar-refractivity contribution in [3.63, 3.8) is 0 Å². The van der Waals surface area contributed by atoms with Crippen molar-refractivity contribution in [2.24, 2.45) is 10.7 Å². The molecule has 4 N–H and O–H groups in total. The molecule has 0 spiro atoms. The van der Waals surface area contributed by atoms with Gasteiger partial charge in [0.1, 0.15) is 25.5 Å². The van der Waals surface area contributed by atoms with E-state index in [1.165, 1.54) is 19.3 Å². The molecule has 0 aromatic carbocycles. The maximum Gasteiger partial charge on any atom is 0.234 e. The molecule has 0 radical (unpaired) electrons. The number of rotatable bonds is 8. The van der Waals surface area contributed by atoms with Gasteiger partial charge in [-0.2, -0.15) is 0 Å². The van der Waals surface area contributed by atoms with Crippen molar-refractivity contribution in [2.45, 2.75) is 38.6 Å². The summed E-state index contributed by atoms with van der Waals surface area (Å²) in [6, 6.07) is 0.553. The Morgan fingerprint density at radius 2 is 2.30 bits per heavy atom. The van der Waals surface area contributed by atoms with E-state index in [0.717, 1.165) is 51.5 Å². The van der Waals surface area contributed by atoms with Crippen molar-refractivity contribution >= 4 is 12.2 Å². The fourth-order valence-corrected chi connectivity index (χ4v) is 3.13. The molecule has 1 atom stereocenters. The summed E-state index contributed by atoms with van der Waals surface area (Å²) in [7, 11) is 0. The van der Waals surface area contributed by atoms with Crippen LogP contribution in [0.4, 0.5) is 0 Å². The number of hydrazine groups is 1. The van der Waals surface area contributed by atoms with Gasteiger partial charge in [0.25, 0.3) is 0 Å². The van der Waals surface area contributed by atoms with Crippen LogP contribution >= 0.6 is 0 Å². The Balaban J connectivity index is 1.69. The number of nitrogens with two attached hydrogens (primary N) is 1. The number of nitrogens with zero attached hydrogens (tertiary/aromatic N) is 4. The zero-order valence-electron chi connectivity index (χ0n) is 14.5. The number of aliphatic hydroxyl groups is 1. The lowest BCUT2D eigenvalue weighted by molar-refractivity contribution is -0.513. The normalized spacial score (nSPS) is 23.3. The first kappa shape index (κ1) is 18.2. The molecular weight excluding hydrogens is 292 g/mol. The summed E-state index contributed by atoms with van der Waals surface area (Å²) in [6.45, 7) is 8.58. The van der Waals surface area contributed by atoms with Gasteiger partial charge < -0.3 is 16.3 Å². The Labute approximate surface area is 139 Å². The van der Waals surface area contributed by atoms with Gasteiger partial charge in [-0.15, -0.1) is 0 Å². The van der Waals surface area contributed by atoms with Crippen molar-refractivity contribution in [2.75, 3.05) is 52.4 Å². The Hall–Kier alpha value is -1.18. The first-order valence-corrected chi connectivity index (χ1v) is 8.93. The van der Waals surface area contributed by atoms with Gasteiger partial charge in [-0.25, -0.2) is 5.01 Å². The SMILES string of the molecule is CC1CCCCN1NC(CN)=NCCC[N+]1=CN(CCO)CC1. The summed E-state index contributed by atoms with van der Waals surface area (Å²) >= 11 is 0. The molecule has 2 heterocycles. The highest BCUT2D eigenvalue weighted by Crippen LogP contribution is 2.13. The van der Waals surface area contributed by atoms with E-state index in [4.69, 9.17) is 10.8 Å². The first-order chi connectivity index (χ1) is 11.2. The van der Waals surface area contributed by atoms with Gasteiger partial charge in [0, 0.05) is 25.6 Å². The molecule has 0 aromatic heterocycles. The van der Waals surface area contributed by atoms with Crippen LogP contribution in [0.1, 0.15) is 32.6 Å². The van der Waals surface area contributed by atoms with E-state index >= 15 is 0 Å². The van der Waals surface area contributed by atoms with Crippen LogP contribution in [-0.4, -0.2) is 90.2 Å². The van der Waals surface area contributed by atoms with Crippen LogP contribution in [0.2, 0.25) is 0 Å². The standard InChI is InChI=1S/C16H33N6O/c1-15-5-2-3-8-22(15)19-16(13-17)18-6-4-7-20-9-10-21(14-20)11-12-23/h14-15,23H,2-13,17H2,1H3,(H,18,19)/q+1. The molecule has 1 fully saturated rings. The number of aliphatic imine (C=N–C) groups is 1. The third kappa shape index (κ3) is 6.08. The minimum absolute atomic E-state index is 0.217. The van der Waals surface area contributed by atoms with Gasteiger partial charge in [-0.3, -0.25) is 14.5 Å². The monoisotopic (exact) mass is 325 g/mol. The Kier molecular flexibility index (Phi) is 7.78. The van der Waals surface area contributed by atoms with Crippen molar-refractivity contribution in [1.29, 1.82) is 0 Å². The van der Waals surface area contributed by atoms with E-state index in [1.54, 1.807) is 0 Å². The summed E-state index contributed by atoms with van der Waals surface area (Å²) in [6.07, 6.45) is 6.93. The molecular formula is C16H33N6O+. The molecule has 7 heteroatoms. The molecule has 1 unspecified atom stereocenters. The zero-order chi connectivity index (χ0) is 16.5. The smallest absolute Gasteiger partial charge is 0.234 e. The summed E-state index contributed by atoms with van der Waals surface area (Å²) in [5, 5.41) is 11.2. The Morgan fingerprint density at radius 1 is 1.43 bits per heavy atom. The quantitative estimate of drug-likeness (QED) is 0.242. The van der Waals surface area contributed by atoms with Gasteiger partial charge in [-0.05, 0) is 19.8 Å². The van der Waals surface area contributed by atoms with Gasteiger partial charge in [0.15, 0.2) is 0 Å². The van der Waals surface area contributed by atoms with E-state index in [0.29, 0.717) is 12.6 Å². The minimum atomic E-state index is 0.217. The molecule has 0 aliphatic carbocycles. The van der Waals surface area contributed by atoms with Gasteiger partial charge >= 0.3 is 0 Å². The van der Waals surface area contributed by atoms with Crippen LogP contribution in [-0.2, 0) is 0 Å². The Bertz CT molecular complexity index is 411. The van der Waals surface area contributed by atoms with E-state index in [1.807, 2.05) is 0 Å². The summed E-state index contributed by atoms with van der Waals surface area (Å²) in [5.74, 6) is 0.894. The first-order valence-electron chi connectivity index (χ1n) is 8.93. The molecule has 2 rings (SSSR count). The largest absolute Gasteiger partial charge is 0.392 e. The lowest BCUT2D eigenvalue weighted by atomic mass is 10.1. The lowest BCUT2D eigenvalue weighted by Crippen LogP contribution is -2.51. The maximum atomic E-state index is 8.95. The average Bonchev–Trinajstić information content (AvgIpc) is 3.00. The van der Waals surface area contributed by atoms with Crippen LogP contribution in [0.15, 0.2) is 4.99 Å². The fourth-order valence-electron chi connectivity index (χ4n) is 3.13. The predicted octanol–water partition coefficient (Wildman–Crippen LogP) is -0.539. The molecule has 1 saturated heterocycles. The summed E-state index contributed by atoms with van der Waals surface area (Å²) < 4.78 is 2.30. The van der Waals surface area contributed by atoms with E-state index in [-0.39, 0.29) is 6.61 Å². The third-order valence-corrected chi connectivity index (χ3v) is 4.56. The molecule has 0 saturated carbocycles. The van der Waals surface area contributed by atoms with Crippen LogP contribution in [0.25, 0.3) is 0 Å². The van der Waals surface area contributed by atoms with Crippen molar-refractivity contribution in [1.82, 2.24) is 15.3 Å². The van der Waals surface area contributed by atoms with Crippen molar-refractivity contribution in [3.8, 4) is 0 Å². The van der Waals surface area contributed by atoms with Gasteiger partial charge in [0.2, 0.25) is 6.34 Å². The number of aliphatic hydroxyl groups excluding tert-OH is 1. The zero-order valence-corrected chi connectivity index (χ0v) is 14.5. The van der Waals surface area contributed by atoms with Crippen LogP contribution in [0.3, 0.4) is 0 Å². The summed E-state index contributed by atoms with van der Waals surface area (Å²) in [4.78, 5) is 6.79. The second kappa shape index (κ2) is 9.85. The number of nitrogens with one attached hydrogen (secondary N) is 1. The van der Waals surface area contributed by atoms with Crippen molar-refractivity contribution in [3.05, 3.63) is 0 Å². The van der Waals surface area contributed by atoms with E-state index in [2.05, 4.69) is 38.2 Å².